The Labute approximate surface area is 170 Å². The van der Waals surface area contributed by atoms with Crippen LogP contribution in [0.15, 0.2) is 12.1 Å². The van der Waals surface area contributed by atoms with Crippen LogP contribution in [0.1, 0.15) is 36.9 Å². The zero-order valence-electron chi connectivity index (χ0n) is 16.8. The number of aliphatic carboxylic acids is 1. The maximum Gasteiger partial charge on any atom is 0.317 e. The summed E-state index contributed by atoms with van der Waals surface area (Å²) >= 11 is 0. The first-order valence-electron chi connectivity index (χ1n) is 10.1. The largest absolute Gasteiger partial charge is 0.481 e. The number of hydrogen-bond donors (Lipinski definition) is 4. The van der Waals surface area contributed by atoms with E-state index in [-0.39, 0.29) is 25.5 Å². The second-order valence-electron chi connectivity index (χ2n) is 7.77. The number of pyridine rings is 1. The molecule has 1 aromatic rings. The van der Waals surface area contributed by atoms with Gasteiger partial charge in [-0.2, -0.15) is 0 Å². The molecule has 4 N–H and O–H groups in total. The van der Waals surface area contributed by atoms with Gasteiger partial charge in [0, 0.05) is 32.4 Å². The fourth-order valence-corrected chi connectivity index (χ4v) is 3.98. The van der Waals surface area contributed by atoms with Crippen molar-refractivity contribution in [3.63, 3.8) is 0 Å². The molecule has 0 saturated carbocycles. The molecule has 2 aliphatic rings. The Hall–Kier alpha value is -2.39. The van der Waals surface area contributed by atoms with Crippen molar-refractivity contribution in [2.75, 3.05) is 38.6 Å². The van der Waals surface area contributed by atoms with Crippen molar-refractivity contribution in [3.8, 4) is 0 Å². The predicted molar refractivity (Wildman–Crippen MR) is 107 cm³/mol. The van der Waals surface area contributed by atoms with Gasteiger partial charge in [-0.1, -0.05) is 6.07 Å². The molecule has 1 unspecified atom stereocenters. The van der Waals surface area contributed by atoms with Crippen LogP contribution in [-0.2, 0) is 22.4 Å². The maximum atomic E-state index is 12.4. The van der Waals surface area contributed by atoms with Gasteiger partial charge in [0.15, 0.2) is 0 Å². The quantitative estimate of drug-likeness (QED) is 0.498. The number of anilines is 1. The van der Waals surface area contributed by atoms with Gasteiger partial charge in [-0.25, -0.2) is 9.78 Å². The Kier molecular flexibility index (Phi) is 6.92. The highest BCUT2D eigenvalue weighted by atomic mass is 16.5. The molecule has 2 atom stereocenters. The zero-order valence-corrected chi connectivity index (χ0v) is 16.8. The third-order valence-electron chi connectivity index (χ3n) is 5.67. The first-order chi connectivity index (χ1) is 13.9. The van der Waals surface area contributed by atoms with Gasteiger partial charge in [0.05, 0.1) is 13.0 Å². The number of piperidine rings is 1. The van der Waals surface area contributed by atoms with Gasteiger partial charge in [-0.3, -0.25) is 4.79 Å². The third-order valence-corrected chi connectivity index (χ3v) is 5.67. The highest BCUT2D eigenvalue weighted by Crippen LogP contribution is 2.28. The molecule has 29 heavy (non-hydrogen) atoms. The lowest BCUT2D eigenvalue weighted by atomic mass is 9.85. The van der Waals surface area contributed by atoms with Crippen molar-refractivity contribution in [1.82, 2.24) is 15.2 Å². The van der Waals surface area contributed by atoms with Crippen molar-refractivity contribution in [1.29, 1.82) is 0 Å². The minimum Gasteiger partial charge on any atom is -0.481 e. The fraction of sp³-hybridized carbons (Fsp3) is 0.650. The van der Waals surface area contributed by atoms with Gasteiger partial charge in [0.2, 0.25) is 0 Å². The van der Waals surface area contributed by atoms with Gasteiger partial charge in [-0.05, 0) is 43.7 Å². The van der Waals surface area contributed by atoms with E-state index in [1.165, 1.54) is 12.7 Å². The van der Waals surface area contributed by atoms with Crippen LogP contribution in [-0.4, -0.2) is 77.1 Å². The summed E-state index contributed by atoms with van der Waals surface area (Å²) in [7, 11) is 1.42. The number of likely N-dealkylation sites (tertiary alicyclic amines) is 1. The third kappa shape index (κ3) is 5.36. The molecule has 160 valence electrons. The lowest BCUT2D eigenvalue weighted by Gasteiger charge is -2.42. The number of carbonyl (C=O) groups excluding carboxylic acids is 1. The molecule has 0 spiro atoms. The smallest absolute Gasteiger partial charge is 0.317 e. The SMILES string of the molecule is COC1CN(C(=O)NCCCc2ccc3c(n2)NCCC3)CC[C@@]1(O)CC(=O)O. The summed E-state index contributed by atoms with van der Waals surface area (Å²) in [5.74, 6) is -0.107. The van der Waals surface area contributed by atoms with Crippen LogP contribution in [0.5, 0.6) is 0 Å². The number of aliphatic hydroxyl groups is 1. The molecule has 2 aliphatic heterocycles. The van der Waals surface area contributed by atoms with Crippen molar-refractivity contribution in [3.05, 3.63) is 23.4 Å². The molecule has 9 nitrogen and oxygen atoms in total. The Morgan fingerprint density at radius 3 is 3.03 bits per heavy atom. The number of amides is 2. The number of carboxylic acids is 1. The van der Waals surface area contributed by atoms with E-state index in [0.29, 0.717) is 6.54 Å². The van der Waals surface area contributed by atoms with E-state index in [1.54, 1.807) is 4.90 Å². The number of aromatic nitrogens is 1. The Morgan fingerprint density at radius 2 is 2.28 bits per heavy atom. The number of hydrogen-bond acceptors (Lipinski definition) is 6. The van der Waals surface area contributed by atoms with Crippen LogP contribution < -0.4 is 10.6 Å². The topological polar surface area (TPSA) is 124 Å². The van der Waals surface area contributed by atoms with Gasteiger partial charge in [0.1, 0.15) is 17.5 Å². The van der Waals surface area contributed by atoms with Crippen molar-refractivity contribution < 1.29 is 24.5 Å². The molecule has 3 rings (SSSR count). The van der Waals surface area contributed by atoms with Gasteiger partial charge in [-0.15, -0.1) is 0 Å². The normalized spacial score (nSPS) is 23.8. The van der Waals surface area contributed by atoms with Crippen LogP contribution in [0.25, 0.3) is 0 Å². The van der Waals surface area contributed by atoms with Gasteiger partial charge < -0.3 is 30.5 Å². The lowest BCUT2D eigenvalue weighted by Crippen LogP contribution is -2.59. The second kappa shape index (κ2) is 9.41. The summed E-state index contributed by atoms with van der Waals surface area (Å²) in [4.78, 5) is 29.6. The van der Waals surface area contributed by atoms with E-state index in [2.05, 4.69) is 21.7 Å². The molecule has 3 heterocycles. The van der Waals surface area contributed by atoms with Gasteiger partial charge in [0.25, 0.3) is 0 Å². The van der Waals surface area contributed by atoms with Crippen LogP contribution in [0.2, 0.25) is 0 Å². The molecule has 0 radical (unpaired) electrons. The van der Waals surface area contributed by atoms with Crippen LogP contribution >= 0.6 is 0 Å². The summed E-state index contributed by atoms with van der Waals surface area (Å²) < 4.78 is 5.27. The summed E-state index contributed by atoms with van der Waals surface area (Å²) in [5, 5.41) is 25.8. The fourth-order valence-electron chi connectivity index (χ4n) is 3.98. The Bertz CT molecular complexity index is 744. The average molecular weight is 406 g/mol. The number of carboxylic acid groups (broad SMARTS) is 1. The summed E-state index contributed by atoms with van der Waals surface area (Å²) in [5.41, 5.74) is 0.807. The molecule has 1 saturated heterocycles. The number of carbonyl (C=O) groups is 2. The number of methoxy groups -OCH3 is 1. The number of nitrogens with zero attached hydrogens (tertiary/aromatic N) is 2. The van der Waals surface area contributed by atoms with E-state index < -0.39 is 24.1 Å². The number of aryl methyl sites for hydroxylation is 2. The lowest BCUT2D eigenvalue weighted by molar-refractivity contribution is -0.159. The minimum absolute atomic E-state index is 0.157. The van der Waals surface area contributed by atoms with Gasteiger partial charge >= 0.3 is 12.0 Å². The van der Waals surface area contributed by atoms with Crippen LogP contribution in [0, 0.1) is 0 Å². The highest BCUT2D eigenvalue weighted by Gasteiger charge is 2.44. The minimum atomic E-state index is -1.45. The molecule has 0 aliphatic carbocycles. The first-order valence-corrected chi connectivity index (χ1v) is 10.1. The van der Waals surface area contributed by atoms with Crippen LogP contribution in [0.3, 0.4) is 0 Å². The Balaban J connectivity index is 1.43. The summed E-state index contributed by atoms with van der Waals surface area (Å²) in [6, 6.07) is 3.94. The summed E-state index contributed by atoms with van der Waals surface area (Å²) in [6.07, 6.45) is 2.77. The first kappa shape index (κ1) is 21.3. The number of nitrogens with one attached hydrogen (secondary N) is 2. The molecule has 9 heteroatoms. The molecule has 0 bridgehead atoms. The van der Waals surface area contributed by atoms with E-state index in [1.807, 2.05) is 6.07 Å². The predicted octanol–water partition coefficient (Wildman–Crippen LogP) is 1.01. The number of rotatable bonds is 7. The van der Waals surface area contributed by atoms with Crippen LogP contribution in [0.4, 0.5) is 10.6 Å². The molecule has 1 fully saturated rings. The Morgan fingerprint density at radius 1 is 1.45 bits per heavy atom. The van der Waals surface area contributed by atoms with E-state index in [9.17, 15) is 14.7 Å². The molecule has 2 amide bonds. The van der Waals surface area contributed by atoms with Crippen molar-refractivity contribution in [2.45, 2.75) is 50.2 Å². The summed E-state index contributed by atoms with van der Waals surface area (Å²) in [6.45, 7) is 1.91. The number of fused-ring (bicyclic) bond motifs is 1. The van der Waals surface area contributed by atoms with E-state index in [4.69, 9.17) is 9.84 Å². The standard InChI is InChI=1S/C20H30N4O5/c1-29-16-13-24(11-8-20(16,28)12-17(25)26)19(27)22-10-3-5-15-7-6-14-4-2-9-21-18(14)23-15/h6-7,16,28H,2-5,8-13H2,1H3,(H,21,23)(H,22,27)(H,25,26)/t16?,20-/m1/s1. The molecule has 1 aromatic heterocycles. The molecular formula is C20H30N4O5. The van der Waals surface area contributed by atoms with E-state index >= 15 is 0 Å². The maximum absolute atomic E-state index is 12.4. The average Bonchev–Trinajstić information content (AvgIpc) is 2.70. The van der Waals surface area contributed by atoms with E-state index in [0.717, 1.165) is 43.7 Å². The highest BCUT2D eigenvalue weighted by molar-refractivity contribution is 5.74. The number of urea groups is 1. The number of ether oxygens (including phenoxy) is 1. The zero-order chi connectivity index (χ0) is 20.9. The molecular weight excluding hydrogens is 376 g/mol. The monoisotopic (exact) mass is 406 g/mol. The second-order valence-corrected chi connectivity index (χ2v) is 7.77. The molecule has 0 aromatic carbocycles. The van der Waals surface area contributed by atoms with Crippen molar-refractivity contribution in [2.24, 2.45) is 0 Å². The van der Waals surface area contributed by atoms with Crippen molar-refractivity contribution >= 4 is 17.8 Å².